The first-order valence-electron chi connectivity index (χ1n) is 15.7. The Morgan fingerprint density at radius 1 is 0.340 bits per heavy atom. The number of fused-ring (bicyclic) bond motifs is 4. The van der Waals surface area contributed by atoms with Crippen LogP contribution in [0, 0.1) is 0 Å². The maximum absolute atomic E-state index is 6.18. The van der Waals surface area contributed by atoms with Gasteiger partial charge in [-0.2, -0.15) is 0 Å². The minimum atomic E-state index is 0.634. The average Bonchev–Trinajstić information content (AvgIpc) is 3.54. The van der Waals surface area contributed by atoms with Crippen LogP contribution in [-0.4, -0.2) is 15.0 Å². The predicted octanol–water partition coefficient (Wildman–Crippen LogP) is 11.3. The van der Waals surface area contributed by atoms with Crippen molar-refractivity contribution in [3.63, 3.8) is 0 Å². The number of hydrogen-bond donors (Lipinski definition) is 0. The van der Waals surface area contributed by atoms with Crippen LogP contribution < -0.4 is 0 Å². The molecular formula is C43H27N3O. The molecule has 0 atom stereocenters. The first kappa shape index (κ1) is 27.0. The van der Waals surface area contributed by atoms with Crippen molar-refractivity contribution in [1.82, 2.24) is 15.0 Å². The van der Waals surface area contributed by atoms with Crippen LogP contribution in [0.1, 0.15) is 0 Å². The largest absolute Gasteiger partial charge is 0.456 e. The topological polar surface area (TPSA) is 51.8 Å². The predicted molar refractivity (Wildman–Crippen MR) is 192 cm³/mol. The van der Waals surface area contributed by atoms with Gasteiger partial charge in [-0.1, -0.05) is 133 Å². The lowest BCUT2D eigenvalue weighted by molar-refractivity contribution is 0.669. The van der Waals surface area contributed by atoms with E-state index in [-0.39, 0.29) is 0 Å². The molecule has 9 aromatic rings. The van der Waals surface area contributed by atoms with Gasteiger partial charge in [-0.05, 0) is 63.4 Å². The molecule has 47 heavy (non-hydrogen) atoms. The van der Waals surface area contributed by atoms with Gasteiger partial charge in [-0.25, -0.2) is 15.0 Å². The Morgan fingerprint density at radius 3 is 1.68 bits per heavy atom. The van der Waals surface area contributed by atoms with Crippen LogP contribution in [0.5, 0.6) is 0 Å². The summed E-state index contributed by atoms with van der Waals surface area (Å²) in [7, 11) is 0. The second-order valence-electron chi connectivity index (χ2n) is 11.7. The second-order valence-corrected chi connectivity index (χ2v) is 11.7. The van der Waals surface area contributed by atoms with Crippen molar-refractivity contribution in [2.45, 2.75) is 0 Å². The van der Waals surface area contributed by atoms with Gasteiger partial charge in [-0.15, -0.1) is 0 Å². The number of rotatable bonds is 5. The minimum Gasteiger partial charge on any atom is -0.456 e. The van der Waals surface area contributed by atoms with Crippen molar-refractivity contribution in [1.29, 1.82) is 0 Å². The van der Waals surface area contributed by atoms with Gasteiger partial charge in [0.25, 0.3) is 0 Å². The van der Waals surface area contributed by atoms with Gasteiger partial charge in [0.2, 0.25) is 0 Å². The average molecular weight is 602 g/mol. The molecule has 0 radical (unpaired) electrons. The highest BCUT2D eigenvalue weighted by Gasteiger charge is 2.15. The Morgan fingerprint density at radius 2 is 0.894 bits per heavy atom. The molecule has 0 saturated heterocycles. The smallest absolute Gasteiger partial charge is 0.164 e. The first-order chi connectivity index (χ1) is 23.3. The summed E-state index contributed by atoms with van der Waals surface area (Å²) in [5, 5.41) is 4.51. The zero-order valence-corrected chi connectivity index (χ0v) is 25.3. The molecule has 9 rings (SSSR count). The third kappa shape index (κ3) is 4.93. The third-order valence-electron chi connectivity index (χ3n) is 8.71. The summed E-state index contributed by atoms with van der Waals surface area (Å²) in [6.07, 6.45) is 0. The summed E-state index contributed by atoms with van der Waals surface area (Å²) in [4.78, 5) is 15.0. The van der Waals surface area contributed by atoms with E-state index in [1.165, 1.54) is 0 Å². The molecule has 7 aromatic carbocycles. The summed E-state index contributed by atoms with van der Waals surface area (Å²) < 4.78 is 6.18. The molecule has 0 amide bonds. The van der Waals surface area contributed by atoms with Crippen molar-refractivity contribution in [3.05, 3.63) is 164 Å². The van der Waals surface area contributed by atoms with Crippen LogP contribution in [-0.2, 0) is 0 Å². The van der Waals surface area contributed by atoms with Gasteiger partial charge in [-0.3, -0.25) is 0 Å². The van der Waals surface area contributed by atoms with Crippen LogP contribution in [0.3, 0.4) is 0 Å². The van der Waals surface area contributed by atoms with Crippen molar-refractivity contribution in [3.8, 4) is 56.4 Å². The quantitative estimate of drug-likeness (QED) is 0.197. The monoisotopic (exact) mass is 601 g/mol. The number of aromatic nitrogens is 3. The van der Waals surface area contributed by atoms with E-state index in [0.717, 1.165) is 71.7 Å². The molecule has 0 fully saturated rings. The number of hydrogen-bond acceptors (Lipinski definition) is 4. The van der Waals surface area contributed by atoms with Crippen LogP contribution in [0.15, 0.2) is 168 Å². The summed E-state index contributed by atoms with van der Waals surface area (Å²) in [5.41, 5.74) is 9.14. The first-order valence-corrected chi connectivity index (χ1v) is 15.7. The van der Waals surface area contributed by atoms with Gasteiger partial charge in [0.1, 0.15) is 11.2 Å². The molecule has 0 unspecified atom stereocenters. The van der Waals surface area contributed by atoms with Crippen LogP contribution in [0.2, 0.25) is 0 Å². The molecule has 2 aromatic heterocycles. The molecule has 0 saturated carbocycles. The SMILES string of the molecule is c1ccc(-c2cccc(-c3nc(-c4ccccc4)nc(-c4ccc5ccc(-c6cccc7oc8ccccc8c67)cc5c4)n3)c2)cc1. The highest BCUT2D eigenvalue weighted by atomic mass is 16.3. The molecule has 0 aliphatic rings. The maximum Gasteiger partial charge on any atom is 0.164 e. The minimum absolute atomic E-state index is 0.634. The Hall–Kier alpha value is -6.39. The summed E-state index contributed by atoms with van der Waals surface area (Å²) >= 11 is 0. The van der Waals surface area contributed by atoms with E-state index in [4.69, 9.17) is 19.4 Å². The van der Waals surface area contributed by atoms with E-state index < -0.39 is 0 Å². The number of para-hydroxylation sites is 1. The fourth-order valence-corrected chi connectivity index (χ4v) is 6.39. The van der Waals surface area contributed by atoms with Gasteiger partial charge >= 0.3 is 0 Å². The van der Waals surface area contributed by atoms with E-state index >= 15 is 0 Å². The second kappa shape index (κ2) is 11.2. The van der Waals surface area contributed by atoms with Gasteiger partial charge in [0, 0.05) is 27.5 Å². The molecule has 4 heteroatoms. The fraction of sp³-hybridized carbons (Fsp3) is 0. The van der Waals surface area contributed by atoms with E-state index in [2.05, 4.69) is 109 Å². The lowest BCUT2D eigenvalue weighted by atomic mass is 9.96. The van der Waals surface area contributed by atoms with Crippen molar-refractivity contribution >= 4 is 32.7 Å². The molecule has 2 heterocycles. The Labute approximate surface area is 271 Å². The highest BCUT2D eigenvalue weighted by Crippen LogP contribution is 2.38. The zero-order chi connectivity index (χ0) is 31.2. The molecule has 4 nitrogen and oxygen atoms in total. The van der Waals surface area contributed by atoms with Crippen molar-refractivity contribution in [2.75, 3.05) is 0 Å². The van der Waals surface area contributed by atoms with Crippen LogP contribution >= 0.6 is 0 Å². The van der Waals surface area contributed by atoms with E-state index in [9.17, 15) is 0 Å². The van der Waals surface area contributed by atoms with E-state index in [0.29, 0.717) is 17.5 Å². The third-order valence-corrected chi connectivity index (χ3v) is 8.71. The van der Waals surface area contributed by atoms with E-state index in [1.807, 2.05) is 54.6 Å². The Kier molecular flexibility index (Phi) is 6.43. The summed E-state index contributed by atoms with van der Waals surface area (Å²) in [6, 6.07) is 56.4. The van der Waals surface area contributed by atoms with Crippen LogP contribution in [0.25, 0.3) is 89.1 Å². The number of benzene rings is 7. The number of nitrogens with zero attached hydrogens (tertiary/aromatic N) is 3. The molecule has 0 aliphatic heterocycles. The molecule has 0 spiro atoms. The molecular weight excluding hydrogens is 574 g/mol. The summed E-state index contributed by atoms with van der Waals surface area (Å²) in [5.74, 6) is 1.91. The maximum atomic E-state index is 6.18. The van der Waals surface area contributed by atoms with Crippen LogP contribution in [0.4, 0.5) is 0 Å². The molecule has 0 N–H and O–H groups in total. The Balaban J connectivity index is 1.19. The summed E-state index contributed by atoms with van der Waals surface area (Å²) in [6.45, 7) is 0. The fourth-order valence-electron chi connectivity index (χ4n) is 6.39. The molecule has 0 bridgehead atoms. The standard InChI is InChI=1S/C43H27N3O/c1-3-11-28(12-4-1)31-15-9-16-33(25-31)42-44-41(30-13-5-2-6-14-30)45-43(46-42)34-24-22-29-21-23-32(26-35(29)27-34)36-18-10-20-39-40(36)37-17-7-8-19-38(37)47-39/h1-27H. The van der Waals surface area contributed by atoms with Gasteiger partial charge in [0.15, 0.2) is 17.5 Å². The lowest BCUT2D eigenvalue weighted by Gasteiger charge is -2.11. The molecule has 0 aliphatic carbocycles. The normalized spacial score (nSPS) is 11.4. The zero-order valence-electron chi connectivity index (χ0n) is 25.3. The van der Waals surface area contributed by atoms with E-state index in [1.54, 1.807) is 0 Å². The Bertz CT molecular complexity index is 2570. The highest BCUT2D eigenvalue weighted by molar-refractivity contribution is 6.12. The van der Waals surface area contributed by atoms with Gasteiger partial charge in [0.05, 0.1) is 0 Å². The number of furan rings is 1. The molecule has 220 valence electrons. The van der Waals surface area contributed by atoms with Crippen molar-refractivity contribution < 1.29 is 4.42 Å². The van der Waals surface area contributed by atoms with Crippen molar-refractivity contribution in [2.24, 2.45) is 0 Å². The van der Waals surface area contributed by atoms with Gasteiger partial charge < -0.3 is 4.42 Å². The lowest BCUT2D eigenvalue weighted by Crippen LogP contribution is -2.00.